The number of para-hydroxylation sites is 2. The second kappa shape index (κ2) is 3.31. The van der Waals surface area contributed by atoms with Crippen LogP contribution in [-0.2, 0) is 0 Å². The number of hydrogen-bond acceptors (Lipinski definition) is 3. The van der Waals surface area contributed by atoms with Gasteiger partial charge in [-0.25, -0.2) is 4.98 Å². The molecular weight excluding hydrogens is 206 g/mol. The van der Waals surface area contributed by atoms with Gasteiger partial charge in [-0.15, -0.1) is 0 Å². The van der Waals surface area contributed by atoms with Crippen molar-refractivity contribution in [2.24, 2.45) is 0 Å². The van der Waals surface area contributed by atoms with Gasteiger partial charge in [0.15, 0.2) is 5.82 Å². The monoisotopic (exact) mass is 217 g/mol. The Bertz CT molecular complexity index is 510. The molecule has 2 N–H and O–H groups in total. The lowest BCUT2D eigenvalue weighted by Crippen LogP contribution is -2.53. The number of carbonyl (C=O) groups is 1. The number of aromatic amines is 1. The van der Waals surface area contributed by atoms with E-state index >= 15 is 0 Å². The molecule has 1 aromatic carbocycles. The van der Waals surface area contributed by atoms with Gasteiger partial charge in [0.25, 0.3) is 5.91 Å². The normalized spacial score (nSPS) is 16.4. The number of aliphatic hydroxyl groups excluding tert-OH is 1. The highest BCUT2D eigenvalue weighted by atomic mass is 16.3. The van der Waals surface area contributed by atoms with E-state index in [0.717, 1.165) is 11.0 Å². The van der Waals surface area contributed by atoms with Crippen molar-refractivity contribution in [3.63, 3.8) is 0 Å². The lowest BCUT2D eigenvalue weighted by molar-refractivity contribution is 0.00518. The van der Waals surface area contributed by atoms with E-state index in [1.807, 2.05) is 24.3 Å². The van der Waals surface area contributed by atoms with Gasteiger partial charge in [0.2, 0.25) is 0 Å². The van der Waals surface area contributed by atoms with Crippen molar-refractivity contribution >= 4 is 16.9 Å². The Labute approximate surface area is 91.7 Å². The molecule has 0 radical (unpaired) electrons. The summed E-state index contributed by atoms with van der Waals surface area (Å²) in [6.07, 6.45) is -0.381. The number of benzene rings is 1. The first-order valence-electron chi connectivity index (χ1n) is 5.16. The van der Waals surface area contributed by atoms with E-state index in [4.69, 9.17) is 5.11 Å². The number of aromatic nitrogens is 2. The van der Waals surface area contributed by atoms with E-state index < -0.39 is 0 Å². The van der Waals surface area contributed by atoms with Crippen LogP contribution in [0.5, 0.6) is 0 Å². The third-order valence-corrected chi connectivity index (χ3v) is 2.74. The molecule has 16 heavy (non-hydrogen) atoms. The number of rotatable bonds is 1. The van der Waals surface area contributed by atoms with Crippen molar-refractivity contribution in [1.29, 1.82) is 0 Å². The van der Waals surface area contributed by atoms with Gasteiger partial charge in [0.1, 0.15) is 0 Å². The number of carbonyl (C=O) groups excluding carboxylic acids is 1. The molecule has 1 saturated heterocycles. The first kappa shape index (κ1) is 9.35. The average molecular weight is 217 g/mol. The maximum atomic E-state index is 11.9. The van der Waals surface area contributed by atoms with Gasteiger partial charge in [-0.1, -0.05) is 12.1 Å². The highest BCUT2D eigenvalue weighted by Gasteiger charge is 2.30. The zero-order valence-electron chi connectivity index (χ0n) is 8.55. The molecule has 1 aromatic heterocycles. The Kier molecular flexibility index (Phi) is 1.94. The van der Waals surface area contributed by atoms with Gasteiger partial charge in [-0.05, 0) is 12.1 Å². The molecule has 2 heterocycles. The van der Waals surface area contributed by atoms with Gasteiger partial charge in [0, 0.05) is 13.1 Å². The molecule has 1 fully saturated rings. The van der Waals surface area contributed by atoms with Crippen LogP contribution in [0.1, 0.15) is 10.6 Å². The summed E-state index contributed by atoms with van der Waals surface area (Å²) < 4.78 is 0. The molecule has 2 aromatic rings. The molecule has 1 aliphatic rings. The summed E-state index contributed by atoms with van der Waals surface area (Å²) in [4.78, 5) is 20.6. The number of hydrogen-bond donors (Lipinski definition) is 2. The van der Waals surface area contributed by atoms with Crippen molar-refractivity contribution in [2.45, 2.75) is 6.10 Å². The maximum absolute atomic E-state index is 11.9. The summed E-state index contributed by atoms with van der Waals surface area (Å²) >= 11 is 0. The van der Waals surface area contributed by atoms with Gasteiger partial charge < -0.3 is 15.0 Å². The predicted molar refractivity (Wildman–Crippen MR) is 58.0 cm³/mol. The summed E-state index contributed by atoms with van der Waals surface area (Å²) in [5, 5.41) is 9.13. The fourth-order valence-electron chi connectivity index (χ4n) is 1.82. The molecule has 0 saturated carbocycles. The van der Waals surface area contributed by atoms with E-state index in [9.17, 15) is 4.79 Å². The third-order valence-electron chi connectivity index (χ3n) is 2.74. The van der Waals surface area contributed by atoms with E-state index in [1.165, 1.54) is 0 Å². The Hall–Kier alpha value is -1.88. The molecule has 82 valence electrons. The minimum absolute atomic E-state index is 0.151. The Morgan fingerprint density at radius 2 is 2.19 bits per heavy atom. The van der Waals surface area contributed by atoms with Crippen molar-refractivity contribution < 1.29 is 9.90 Å². The average Bonchev–Trinajstić information content (AvgIpc) is 2.67. The number of nitrogens with one attached hydrogen (secondary N) is 1. The number of likely N-dealkylation sites (tertiary alicyclic amines) is 1. The van der Waals surface area contributed by atoms with Gasteiger partial charge >= 0.3 is 0 Å². The molecule has 0 bridgehead atoms. The van der Waals surface area contributed by atoms with Crippen molar-refractivity contribution in [3.8, 4) is 0 Å². The number of aliphatic hydroxyl groups is 1. The number of amides is 1. The van der Waals surface area contributed by atoms with Crippen LogP contribution >= 0.6 is 0 Å². The van der Waals surface area contributed by atoms with E-state index in [2.05, 4.69) is 9.97 Å². The standard InChI is InChI=1S/C11H11N3O2/c15-7-5-14(6-7)11(16)10-12-8-3-1-2-4-9(8)13-10/h1-4,7,15H,5-6H2,(H,12,13). The summed E-state index contributed by atoms with van der Waals surface area (Å²) in [6.45, 7) is 0.797. The van der Waals surface area contributed by atoms with E-state index in [1.54, 1.807) is 4.90 Å². The molecule has 0 aliphatic carbocycles. The molecule has 0 atom stereocenters. The Morgan fingerprint density at radius 1 is 1.44 bits per heavy atom. The molecule has 5 nitrogen and oxygen atoms in total. The van der Waals surface area contributed by atoms with Crippen LogP contribution in [0.2, 0.25) is 0 Å². The highest BCUT2D eigenvalue weighted by Crippen LogP contribution is 2.15. The number of H-pyrrole nitrogens is 1. The molecule has 1 aliphatic heterocycles. The molecule has 0 spiro atoms. The number of fused-ring (bicyclic) bond motifs is 1. The number of imidazole rings is 1. The van der Waals surface area contributed by atoms with Gasteiger partial charge in [0.05, 0.1) is 17.1 Å². The van der Waals surface area contributed by atoms with Crippen LogP contribution in [-0.4, -0.2) is 45.1 Å². The minimum atomic E-state index is -0.381. The fourth-order valence-corrected chi connectivity index (χ4v) is 1.82. The second-order valence-electron chi connectivity index (χ2n) is 3.97. The topological polar surface area (TPSA) is 69.2 Å². The van der Waals surface area contributed by atoms with Crippen LogP contribution < -0.4 is 0 Å². The van der Waals surface area contributed by atoms with Crippen LogP contribution in [0.3, 0.4) is 0 Å². The smallest absolute Gasteiger partial charge is 0.289 e. The Balaban J connectivity index is 1.91. The van der Waals surface area contributed by atoms with Gasteiger partial charge in [-0.2, -0.15) is 0 Å². The van der Waals surface area contributed by atoms with Crippen LogP contribution in [0.25, 0.3) is 11.0 Å². The zero-order chi connectivity index (χ0) is 11.1. The molecule has 5 heteroatoms. The number of nitrogens with zero attached hydrogens (tertiary/aromatic N) is 2. The number of β-amino-alcohol motifs (C(OH)–C–C–N with tert-alkyl or cyclic N) is 1. The summed E-state index contributed by atoms with van der Waals surface area (Å²) in [5.74, 6) is 0.189. The van der Waals surface area contributed by atoms with Crippen LogP contribution in [0.4, 0.5) is 0 Å². The summed E-state index contributed by atoms with van der Waals surface area (Å²) in [7, 11) is 0. The largest absolute Gasteiger partial charge is 0.389 e. The first-order valence-corrected chi connectivity index (χ1v) is 5.16. The van der Waals surface area contributed by atoms with Crippen LogP contribution in [0.15, 0.2) is 24.3 Å². The van der Waals surface area contributed by atoms with Crippen molar-refractivity contribution in [2.75, 3.05) is 13.1 Å². The minimum Gasteiger partial charge on any atom is -0.389 e. The Morgan fingerprint density at radius 3 is 2.88 bits per heavy atom. The lowest BCUT2D eigenvalue weighted by atomic mass is 10.2. The van der Waals surface area contributed by atoms with Crippen molar-refractivity contribution in [1.82, 2.24) is 14.9 Å². The maximum Gasteiger partial charge on any atom is 0.289 e. The molecule has 3 rings (SSSR count). The predicted octanol–water partition coefficient (Wildman–Crippen LogP) is 0.380. The first-order chi connectivity index (χ1) is 7.74. The summed E-state index contributed by atoms with van der Waals surface area (Å²) in [6, 6.07) is 7.50. The lowest BCUT2D eigenvalue weighted by Gasteiger charge is -2.35. The highest BCUT2D eigenvalue weighted by molar-refractivity contribution is 5.94. The van der Waals surface area contributed by atoms with Gasteiger partial charge in [-0.3, -0.25) is 4.79 Å². The zero-order valence-corrected chi connectivity index (χ0v) is 8.55. The van der Waals surface area contributed by atoms with E-state index in [0.29, 0.717) is 18.9 Å². The SMILES string of the molecule is O=C(c1nc2ccccc2[nH]1)N1CC(O)C1. The quantitative estimate of drug-likeness (QED) is 0.725. The van der Waals surface area contributed by atoms with E-state index in [-0.39, 0.29) is 12.0 Å². The molecule has 1 amide bonds. The summed E-state index contributed by atoms with van der Waals surface area (Å²) in [5.41, 5.74) is 1.64. The van der Waals surface area contributed by atoms with Crippen LogP contribution in [0, 0.1) is 0 Å². The molecule has 0 unspecified atom stereocenters. The third kappa shape index (κ3) is 1.37. The second-order valence-corrected chi connectivity index (χ2v) is 3.97. The molecular formula is C11H11N3O2. The van der Waals surface area contributed by atoms with Crippen molar-refractivity contribution in [3.05, 3.63) is 30.1 Å². The fraction of sp³-hybridized carbons (Fsp3) is 0.273.